The topological polar surface area (TPSA) is 86.2 Å². The second kappa shape index (κ2) is 5.36. The van der Waals surface area contributed by atoms with Gasteiger partial charge in [-0.3, -0.25) is 0 Å². The van der Waals surface area contributed by atoms with Gasteiger partial charge in [0, 0.05) is 5.56 Å². The van der Waals surface area contributed by atoms with E-state index in [2.05, 4.69) is 10.3 Å². The van der Waals surface area contributed by atoms with Crippen LogP contribution in [0.3, 0.4) is 0 Å². The summed E-state index contributed by atoms with van der Waals surface area (Å²) in [4.78, 5) is 0. The molecule has 1 aromatic heterocycles. The van der Waals surface area contributed by atoms with E-state index in [4.69, 9.17) is 10.5 Å². The summed E-state index contributed by atoms with van der Waals surface area (Å²) >= 11 is 0. The number of aromatic nitrogens is 3. The van der Waals surface area contributed by atoms with Crippen LogP contribution in [0, 0.1) is 5.82 Å². The summed E-state index contributed by atoms with van der Waals surface area (Å²) < 4.78 is 20.1. The number of nitrogen functional groups attached to an aromatic ring is 1. The van der Waals surface area contributed by atoms with Crippen molar-refractivity contribution < 1.29 is 14.2 Å². The Morgan fingerprint density at radius 3 is 2.55 bits per heavy atom. The summed E-state index contributed by atoms with van der Waals surface area (Å²) in [5.41, 5.74) is 7.56. The molecule has 6 nitrogen and oxygen atoms in total. The number of hydrogen-bond donors (Lipinski definition) is 2. The summed E-state index contributed by atoms with van der Waals surface area (Å²) in [6.07, 6.45) is 0. The van der Waals surface area contributed by atoms with Crippen molar-refractivity contribution in [1.29, 1.82) is 0 Å². The lowest BCUT2D eigenvalue weighted by molar-refractivity contribution is 0.386. The first-order valence-electron chi connectivity index (χ1n) is 6.44. The molecule has 0 radical (unpaired) electrons. The van der Waals surface area contributed by atoms with Crippen LogP contribution < -0.4 is 10.5 Å². The Morgan fingerprint density at radius 2 is 1.91 bits per heavy atom. The zero-order valence-electron chi connectivity index (χ0n) is 11.7. The highest BCUT2D eigenvalue weighted by Crippen LogP contribution is 2.29. The number of phenolic OH excluding ortho intramolecular Hbond substituents is 1. The van der Waals surface area contributed by atoms with Crippen LogP contribution in [0.5, 0.6) is 11.5 Å². The molecule has 0 atom stereocenters. The molecule has 0 unspecified atom stereocenters. The summed E-state index contributed by atoms with van der Waals surface area (Å²) in [6.45, 7) is 0. The molecule has 3 N–H and O–H groups in total. The number of phenols is 1. The standard InChI is InChI=1S/C15H13FN4O2/c1-22-13-7-2-9(8-12(13)16)14-15(17)20(19-18-14)10-3-5-11(21)6-4-10/h2-8,21H,17H2,1H3. The number of rotatable bonds is 3. The lowest BCUT2D eigenvalue weighted by Crippen LogP contribution is -2.02. The van der Waals surface area contributed by atoms with Crippen molar-refractivity contribution in [2.45, 2.75) is 0 Å². The fourth-order valence-electron chi connectivity index (χ4n) is 2.09. The van der Waals surface area contributed by atoms with Crippen molar-refractivity contribution >= 4 is 5.82 Å². The predicted molar refractivity (Wildman–Crippen MR) is 79.4 cm³/mol. The second-order valence-corrected chi connectivity index (χ2v) is 4.60. The third kappa shape index (κ3) is 2.32. The second-order valence-electron chi connectivity index (χ2n) is 4.60. The Morgan fingerprint density at radius 1 is 1.18 bits per heavy atom. The number of nitrogens with two attached hydrogens (primary N) is 1. The molecule has 3 aromatic rings. The van der Waals surface area contributed by atoms with Gasteiger partial charge in [-0.15, -0.1) is 5.10 Å². The molecular weight excluding hydrogens is 287 g/mol. The van der Waals surface area contributed by atoms with Gasteiger partial charge in [-0.1, -0.05) is 5.21 Å². The molecule has 0 aliphatic carbocycles. The van der Waals surface area contributed by atoms with E-state index in [9.17, 15) is 9.50 Å². The molecule has 0 bridgehead atoms. The molecule has 0 spiro atoms. The van der Waals surface area contributed by atoms with Gasteiger partial charge in [-0.2, -0.15) is 4.68 Å². The van der Waals surface area contributed by atoms with E-state index in [-0.39, 0.29) is 17.3 Å². The van der Waals surface area contributed by atoms with Crippen molar-refractivity contribution in [3.05, 3.63) is 48.3 Å². The highest BCUT2D eigenvalue weighted by Gasteiger charge is 2.15. The Hall–Kier alpha value is -3.09. The van der Waals surface area contributed by atoms with Gasteiger partial charge in [0.15, 0.2) is 17.4 Å². The third-order valence-electron chi connectivity index (χ3n) is 3.22. The predicted octanol–water partition coefficient (Wildman–Crippen LogP) is 2.37. The quantitative estimate of drug-likeness (QED) is 0.775. The minimum Gasteiger partial charge on any atom is -0.508 e. The fourth-order valence-corrected chi connectivity index (χ4v) is 2.09. The molecule has 112 valence electrons. The van der Waals surface area contributed by atoms with Gasteiger partial charge >= 0.3 is 0 Å². The third-order valence-corrected chi connectivity index (χ3v) is 3.22. The van der Waals surface area contributed by atoms with Crippen LogP contribution in [-0.4, -0.2) is 27.2 Å². The molecule has 7 heteroatoms. The SMILES string of the molecule is COc1ccc(-c2nnn(-c3ccc(O)cc3)c2N)cc1F. The number of aromatic hydroxyl groups is 1. The van der Waals surface area contributed by atoms with E-state index in [1.807, 2.05) is 0 Å². The lowest BCUT2D eigenvalue weighted by Gasteiger charge is -2.05. The highest BCUT2D eigenvalue weighted by molar-refractivity contribution is 5.71. The number of methoxy groups -OCH3 is 1. The van der Waals surface area contributed by atoms with Gasteiger partial charge in [-0.05, 0) is 42.5 Å². The van der Waals surface area contributed by atoms with Crippen molar-refractivity contribution in [3.8, 4) is 28.4 Å². The van der Waals surface area contributed by atoms with Gasteiger partial charge in [0.2, 0.25) is 0 Å². The van der Waals surface area contributed by atoms with Gasteiger partial charge in [0.25, 0.3) is 0 Å². The van der Waals surface area contributed by atoms with Gasteiger partial charge < -0.3 is 15.6 Å². The molecule has 0 saturated carbocycles. The van der Waals surface area contributed by atoms with Gasteiger partial charge in [0.1, 0.15) is 11.4 Å². The molecule has 3 rings (SSSR count). The molecule has 2 aromatic carbocycles. The average molecular weight is 300 g/mol. The maximum atomic E-state index is 13.8. The minimum absolute atomic E-state index is 0.139. The average Bonchev–Trinajstić information content (AvgIpc) is 2.90. The Kier molecular flexibility index (Phi) is 3.38. The number of nitrogens with zero attached hydrogens (tertiary/aromatic N) is 3. The van der Waals surface area contributed by atoms with E-state index in [1.165, 1.54) is 36.1 Å². The molecule has 0 amide bonds. The first-order chi connectivity index (χ1) is 10.6. The van der Waals surface area contributed by atoms with E-state index in [0.29, 0.717) is 16.9 Å². The van der Waals surface area contributed by atoms with Crippen LogP contribution in [0.4, 0.5) is 10.2 Å². The highest BCUT2D eigenvalue weighted by atomic mass is 19.1. The Bertz CT molecular complexity index is 815. The summed E-state index contributed by atoms with van der Waals surface area (Å²) in [5.74, 6) is 0.0574. The van der Waals surface area contributed by atoms with Crippen LogP contribution in [0.2, 0.25) is 0 Å². The van der Waals surface area contributed by atoms with E-state index in [1.54, 1.807) is 18.2 Å². The Balaban J connectivity index is 2.03. The molecular formula is C15H13FN4O2. The fraction of sp³-hybridized carbons (Fsp3) is 0.0667. The minimum atomic E-state index is -0.501. The molecule has 0 saturated heterocycles. The normalized spacial score (nSPS) is 10.6. The summed E-state index contributed by atoms with van der Waals surface area (Å²) in [7, 11) is 1.40. The van der Waals surface area contributed by atoms with Crippen LogP contribution in [-0.2, 0) is 0 Å². The van der Waals surface area contributed by atoms with Crippen LogP contribution in [0.15, 0.2) is 42.5 Å². The van der Waals surface area contributed by atoms with Gasteiger partial charge in [0.05, 0.1) is 12.8 Å². The molecule has 0 aliphatic heterocycles. The zero-order valence-corrected chi connectivity index (χ0v) is 11.7. The maximum Gasteiger partial charge on any atom is 0.165 e. The van der Waals surface area contributed by atoms with E-state index >= 15 is 0 Å². The molecule has 22 heavy (non-hydrogen) atoms. The summed E-state index contributed by atoms with van der Waals surface area (Å²) in [5, 5.41) is 17.3. The lowest BCUT2D eigenvalue weighted by atomic mass is 10.1. The largest absolute Gasteiger partial charge is 0.508 e. The molecule has 1 heterocycles. The monoisotopic (exact) mass is 300 g/mol. The van der Waals surface area contributed by atoms with E-state index in [0.717, 1.165) is 0 Å². The maximum absolute atomic E-state index is 13.8. The van der Waals surface area contributed by atoms with Crippen molar-refractivity contribution in [2.24, 2.45) is 0 Å². The number of anilines is 1. The van der Waals surface area contributed by atoms with Crippen LogP contribution >= 0.6 is 0 Å². The van der Waals surface area contributed by atoms with Crippen molar-refractivity contribution in [2.75, 3.05) is 12.8 Å². The Labute approximate surface area is 125 Å². The van der Waals surface area contributed by atoms with Crippen LogP contribution in [0.25, 0.3) is 16.9 Å². The summed E-state index contributed by atoms with van der Waals surface area (Å²) in [6, 6.07) is 10.8. The first kappa shape index (κ1) is 13.9. The molecule has 0 aliphatic rings. The number of hydrogen-bond acceptors (Lipinski definition) is 5. The molecule has 0 fully saturated rings. The van der Waals surface area contributed by atoms with Gasteiger partial charge in [-0.25, -0.2) is 4.39 Å². The number of halogens is 1. The number of benzene rings is 2. The number of ether oxygens (including phenoxy) is 1. The first-order valence-corrected chi connectivity index (χ1v) is 6.44. The van der Waals surface area contributed by atoms with Crippen molar-refractivity contribution in [3.63, 3.8) is 0 Å². The smallest absolute Gasteiger partial charge is 0.165 e. The zero-order chi connectivity index (χ0) is 15.7. The van der Waals surface area contributed by atoms with E-state index < -0.39 is 5.82 Å². The van der Waals surface area contributed by atoms with Crippen molar-refractivity contribution in [1.82, 2.24) is 15.0 Å². The van der Waals surface area contributed by atoms with Crippen LogP contribution in [0.1, 0.15) is 0 Å².